The van der Waals surface area contributed by atoms with Gasteiger partial charge in [0.1, 0.15) is 18.4 Å². The standard InChI is InChI=1S/C31H42N4O5S2/c1-22-17-26(39-5)18-23(2)31(22)42(37,38)35-13-7-6-9-25(35)20-40-21-29(36)34-15-14-33-24(19-32(3)4)11-12-27(33)30(34)28-10-8-16-41-28/h8,10-12,16-18,25,30H,6-7,9,13-15,19-21H2,1-5H3. The lowest BCUT2D eigenvalue weighted by molar-refractivity contribution is -0.139. The largest absolute Gasteiger partial charge is 0.497 e. The van der Waals surface area contributed by atoms with E-state index < -0.39 is 10.0 Å². The Labute approximate surface area is 253 Å². The molecule has 0 bridgehead atoms. The van der Waals surface area contributed by atoms with E-state index in [0.29, 0.717) is 41.3 Å². The highest BCUT2D eigenvalue weighted by molar-refractivity contribution is 7.89. The molecule has 9 nitrogen and oxygen atoms in total. The molecule has 11 heteroatoms. The van der Waals surface area contributed by atoms with Crippen LogP contribution in [0.5, 0.6) is 5.75 Å². The zero-order valence-electron chi connectivity index (χ0n) is 25.2. The maximum Gasteiger partial charge on any atom is 0.249 e. The molecule has 0 radical (unpaired) electrons. The Balaban J connectivity index is 1.29. The molecule has 2 atom stereocenters. The molecule has 2 aliphatic rings. The monoisotopic (exact) mass is 614 g/mol. The summed E-state index contributed by atoms with van der Waals surface area (Å²) < 4.78 is 43.1. The summed E-state index contributed by atoms with van der Waals surface area (Å²) in [4.78, 5) is 19.2. The number of piperidine rings is 1. The lowest BCUT2D eigenvalue weighted by atomic mass is 10.1. The fourth-order valence-corrected chi connectivity index (χ4v) is 9.33. The third-order valence-corrected chi connectivity index (χ3v) is 11.4. The molecule has 2 aliphatic heterocycles. The summed E-state index contributed by atoms with van der Waals surface area (Å²) in [6, 6.07) is 11.4. The molecule has 1 saturated heterocycles. The highest BCUT2D eigenvalue weighted by atomic mass is 32.2. The third-order valence-electron chi connectivity index (χ3n) is 8.22. The Morgan fingerprint density at radius 1 is 1.07 bits per heavy atom. The van der Waals surface area contributed by atoms with Crippen LogP contribution in [0, 0.1) is 13.8 Å². The van der Waals surface area contributed by atoms with E-state index in [-0.39, 0.29) is 31.2 Å². The van der Waals surface area contributed by atoms with Crippen LogP contribution in [0.1, 0.15) is 52.7 Å². The minimum absolute atomic E-state index is 0.0814. The summed E-state index contributed by atoms with van der Waals surface area (Å²) in [6.07, 6.45) is 2.42. The molecule has 228 valence electrons. The summed E-state index contributed by atoms with van der Waals surface area (Å²) in [5, 5.41) is 2.04. The molecule has 5 rings (SSSR count). The number of ether oxygens (including phenoxy) is 2. The van der Waals surface area contributed by atoms with Crippen molar-refractivity contribution >= 4 is 27.3 Å². The van der Waals surface area contributed by atoms with E-state index in [1.807, 2.05) is 16.3 Å². The molecule has 1 aromatic carbocycles. The van der Waals surface area contributed by atoms with Gasteiger partial charge in [0.05, 0.1) is 18.6 Å². The van der Waals surface area contributed by atoms with Crippen LogP contribution in [0.4, 0.5) is 0 Å². The van der Waals surface area contributed by atoms with Gasteiger partial charge in [-0.2, -0.15) is 4.31 Å². The Hall–Kier alpha value is -2.70. The zero-order valence-corrected chi connectivity index (χ0v) is 26.8. The van der Waals surface area contributed by atoms with Gasteiger partial charge in [-0.15, -0.1) is 11.3 Å². The van der Waals surface area contributed by atoms with Gasteiger partial charge >= 0.3 is 0 Å². The lowest BCUT2D eigenvalue weighted by Gasteiger charge is -2.38. The molecule has 2 aromatic heterocycles. The van der Waals surface area contributed by atoms with Crippen LogP contribution in [-0.2, 0) is 32.6 Å². The Morgan fingerprint density at radius 2 is 1.83 bits per heavy atom. The Kier molecular flexibility index (Phi) is 9.44. The van der Waals surface area contributed by atoms with Crippen LogP contribution >= 0.6 is 11.3 Å². The average molecular weight is 615 g/mol. The van der Waals surface area contributed by atoms with Gasteiger partial charge in [0, 0.05) is 48.5 Å². The maximum absolute atomic E-state index is 13.9. The number of carbonyl (C=O) groups is 1. The first-order valence-electron chi connectivity index (χ1n) is 14.5. The van der Waals surface area contributed by atoms with Gasteiger partial charge in [0.15, 0.2) is 0 Å². The molecule has 0 N–H and O–H groups in total. The minimum Gasteiger partial charge on any atom is -0.497 e. The summed E-state index contributed by atoms with van der Waals surface area (Å²) in [5.74, 6) is 0.558. The first kappa shape index (κ1) is 30.7. The molecule has 0 spiro atoms. The van der Waals surface area contributed by atoms with Crippen molar-refractivity contribution in [1.29, 1.82) is 0 Å². The number of sulfonamides is 1. The van der Waals surface area contributed by atoms with E-state index in [9.17, 15) is 13.2 Å². The number of amides is 1. The molecular formula is C31H42N4O5S2. The quantitative estimate of drug-likeness (QED) is 0.336. The van der Waals surface area contributed by atoms with Gasteiger partial charge in [-0.05, 0) is 87.6 Å². The van der Waals surface area contributed by atoms with E-state index in [1.165, 1.54) is 5.69 Å². The summed E-state index contributed by atoms with van der Waals surface area (Å²) in [5.41, 5.74) is 3.68. The summed E-state index contributed by atoms with van der Waals surface area (Å²) in [7, 11) is 1.95. The average Bonchev–Trinajstić information content (AvgIpc) is 3.62. The van der Waals surface area contributed by atoms with Gasteiger partial charge in [-0.25, -0.2) is 8.42 Å². The second-order valence-corrected chi connectivity index (χ2v) is 14.3. The van der Waals surface area contributed by atoms with E-state index in [2.05, 4.69) is 41.8 Å². The number of benzene rings is 1. The number of carbonyl (C=O) groups excluding carboxylic acids is 1. The fraction of sp³-hybridized carbons (Fsp3) is 0.516. The van der Waals surface area contributed by atoms with Crippen molar-refractivity contribution < 1.29 is 22.7 Å². The number of aromatic nitrogens is 1. The number of methoxy groups -OCH3 is 1. The zero-order chi connectivity index (χ0) is 30.0. The van der Waals surface area contributed by atoms with E-state index >= 15 is 0 Å². The minimum atomic E-state index is -3.75. The second-order valence-electron chi connectivity index (χ2n) is 11.5. The number of rotatable bonds is 10. The predicted octanol–water partition coefficient (Wildman–Crippen LogP) is 4.43. The van der Waals surface area contributed by atoms with Crippen molar-refractivity contribution in [1.82, 2.24) is 18.7 Å². The van der Waals surface area contributed by atoms with Gasteiger partial charge in [0.25, 0.3) is 0 Å². The van der Waals surface area contributed by atoms with Crippen LogP contribution in [0.25, 0.3) is 0 Å². The Bertz CT molecular complexity index is 1480. The van der Waals surface area contributed by atoms with Crippen LogP contribution in [0.15, 0.2) is 46.7 Å². The predicted molar refractivity (Wildman–Crippen MR) is 165 cm³/mol. The molecule has 0 aliphatic carbocycles. The molecule has 3 aromatic rings. The van der Waals surface area contributed by atoms with Gasteiger partial charge in [-0.1, -0.05) is 12.5 Å². The van der Waals surface area contributed by atoms with E-state index in [4.69, 9.17) is 9.47 Å². The van der Waals surface area contributed by atoms with E-state index in [1.54, 1.807) is 48.7 Å². The normalized spacial score (nSPS) is 19.7. The van der Waals surface area contributed by atoms with Crippen molar-refractivity contribution in [2.75, 3.05) is 47.5 Å². The molecule has 1 amide bonds. The number of fused-ring (bicyclic) bond motifs is 1. The number of nitrogens with zero attached hydrogens (tertiary/aromatic N) is 4. The number of thiophene rings is 1. The second kappa shape index (κ2) is 12.9. The maximum atomic E-state index is 13.9. The molecule has 4 heterocycles. The van der Waals surface area contributed by atoms with Crippen LogP contribution in [0.3, 0.4) is 0 Å². The molecule has 1 fully saturated rings. The van der Waals surface area contributed by atoms with Crippen molar-refractivity contribution in [3.63, 3.8) is 0 Å². The van der Waals surface area contributed by atoms with Gasteiger partial charge in [0.2, 0.25) is 15.9 Å². The molecule has 0 saturated carbocycles. The van der Waals surface area contributed by atoms with Gasteiger partial charge < -0.3 is 23.8 Å². The number of hydrogen-bond donors (Lipinski definition) is 0. The van der Waals surface area contributed by atoms with Crippen molar-refractivity contribution in [3.05, 3.63) is 69.2 Å². The topological polar surface area (TPSA) is 84.3 Å². The smallest absolute Gasteiger partial charge is 0.249 e. The van der Waals surface area contributed by atoms with Crippen LogP contribution in [-0.4, -0.2) is 86.5 Å². The lowest BCUT2D eigenvalue weighted by Crippen LogP contribution is -2.47. The summed E-state index contributed by atoms with van der Waals surface area (Å²) in [6.45, 7) is 6.30. The van der Waals surface area contributed by atoms with Crippen molar-refractivity contribution in [2.45, 2.75) is 63.2 Å². The SMILES string of the molecule is COc1cc(C)c(S(=O)(=O)N2CCCCC2COCC(=O)N2CCn3c(CN(C)C)ccc3C2c2cccs2)c(C)c1. The van der Waals surface area contributed by atoms with Crippen molar-refractivity contribution in [2.24, 2.45) is 0 Å². The highest BCUT2D eigenvalue weighted by Crippen LogP contribution is 2.36. The molecular weight excluding hydrogens is 572 g/mol. The first-order valence-corrected chi connectivity index (χ1v) is 16.8. The Morgan fingerprint density at radius 3 is 2.50 bits per heavy atom. The van der Waals surface area contributed by atoms with Crippen LogP contribution < -0.4 is 4.74 Å². The van der Waals surface area contributed by atoms with Crippen LogP contribution in [0.2, 0.25) is 0 Å². The third kappa shape index (κ3) is 6.16. The fourth-order valence-electron chi connectivity index (χ4n) is 6.39. The highest BCUT2D eigenvalue weighted by Gasteiger charge is 2.37. The molecule has 42 heavy (non-hydrogen) atoms. The number of aryl methyl sites for hydroxylation is 2. The first-order chi connectivity index (χ1) is 20.1. The summed E-state index contributed by atoms with van der Waals surface area (Å²) >= 11 is 1.65. The van der Waals surface area contributed by atoms with E-state index in [0.717, 1.165) is 36.5 Å². The molecule has 2 unspecified atom stereocenters. The number of hydrogen-bond acceptors (Lipinski definition) is 7. The van der Waals surface area contributed by atoms with Crippen molar-refractivity contribution in [3.8, 4) is 5.75 Å². The van der Waals surface area contributed by atoms with Gasteiger partial charge in [-0.3, -0.25) is 4.79 Å².